The summed E-state index contributed by atoms with van der Waals surface area (Å²) in [5, 5.41) is 0. The van der Waals surface area contributed by atoms with Crippen LogP contribution in [0, 0.1) is 0 Å². The first kappa shape index (κ1) is 24.1. The number of hydrogen-bond acceptors (Lipinski definition) is 2. The van der Waals surface area contributed by atoms with Gasteiger partial charge in [0.2, 0.25) is 0 Å². The summed E-state index contributed by atoms with van der Waals surface area (Å²) >= 11 is 0. The molecule has 0 saturated heterocycles. The molecule has 1 aromatic carbocycles. The Balaban J connectivity index is 3.54. The number of benzene rings is 1. The lowest BCUT2D eigenvalue weighted by Crippen LogP contribution is -2.40. The summed E-state index contributed by atoms with van der Waals surface area (Å²) in [5.74, 6) is 0. The monoisotopic (exact) mass is 404 g/mol. The predicted molar refractivity (Wildman–Crippen MR) is 124 cm³/mol. The zero-order valence-corrected chi connectivity index (χ0v) is 20.9. The molecule has 0 heterocycles. The van der Waals surface area contributed by atoms with Crippen LogP contribution >= 0.6 is 0 Å². The molecule has 2 atom stereocenters. The van der Waals surface area contributed by atoms with E-state index >= 15 is 0 Å². The second-order valence-corrected chi connectivity index (χ2v) is 19.8. The van der Waals surface area contributed by atoms with Crippen LogP contribution in [0.1, 0.15) is 38.9 Å². The van der Waals surface area contributed by atoms with E-state index in [2.05, 4.69) is 103 Å². The smallest absolute Gasteiger partial charge is 0.184 e. The predicted octanol–water partition coefficient (Wildman–Crippen LogP) is 7.14. The third kappa shape index (κ3) is 9.70. The van der Waals surface area contributed by atoms with Crippen molar-refractivity contribution < 1.29 is 9.16 Å². The first-order valence-electron chi connectivity index (χ1n) is 9.95. The number of hydrogen-bond donors (Lipinski definition) is 0. The number of ether oxygens (including phenoxy) is 1. The fourth-order valence-corrected chi connectivity index (χ4v) is 5.44. The normalized spacial score (nSPS) is 16.1. The van der Waals surface area contributed by atoms with E-state index in [9.17, 15) is 0 Å². The highest BCUT2D eigenvalue weighted by molar-refractivity contribution is 6.81. The topological polar surface area (TPSA) is 18.5 Å². The van der Waals surface area contributed by atoms with Gasteiger partial charge in [-0.1, -0.05) is 61.7 Å². The van der Waals surface area contributed by atoms with Crippen molar-refractivity contribution in [1.82, 2.24) is 0 Å². The molecule has 0 unspecified atom stereocenters. The standard InChI is InChI=1S/C23H40O2Si2/c1-11-15-20(18-26(5,6)7)21(24-23(2,3)4)22(25-27(8,9)10)19-16-13-12-14-17-19/h11-14,16-18,21-22H,1,15H2,2-10H3/b20-18+/t21-,22+/m1/s1. The van der Waals surface area contributed by atoms with Crippen LogP contribution in [0.5, 0.6) is 0 Å². The van der Waals surface area contributed by atoms with Crippen molar-refractivity contribution in [2.75, 3.05) is 0 Å². The van der Waals surface area contributed by atoms with Crippen molar-refractivity contribution in [3.8, 4) is 0 Å². The first-order valence-corrected chi connectivity index (χ1v) is 16.9. The maximum atomic E-state index is 6.73. The number of rotatable bonds is 9. The molecular formula is C23H40O2Si2. The Hall–Kier alpha value is -0.946. The quantitative estimate of drug-likeness (QED) is 0.321. The zero-order chi connectivity index (χ0) is 20.9. The van der Waals surface area contributed by atoms with Crippen molar-refractivity contribution in [3.05, 3.63) is 59.8 Å². The van der Waals surface area contributed by atoms with Crippen molar-refractivity contribution >= 4 is 16.4 Å². The van der Waals surface area contributed by atoms with E-state index in [1.165, 1.54) is 11.1 Å². The van der Waals surface area contributed by atoms with Crippen LogP contribution in [0.2, 0.25) is 39.3 Å². The summed E-state index contributed by atoms with van der Waals surface area (Å²) in [5.41, 5.74) is 4.68. The molecule has 1 aromatic rings. The Morgan fingerprint density at radius 3 is 2.00 bits per heavy atom. The molecular weight excluding hydrogens is 364 g/mol. The van der Waals surface area contributed by atoms with Crippen molar-refractivity contribution in [1.29, 1.82) is 0 Å². The fraction of sp³-hybridized carbons (Fsp3) is 0.565. The van der Waals surface area contributed by atoms with E-state index in [-0.39, 0.29) is 17.8 Å². The van der Waals surface area contributed by atoms with E-state index in [4.69, 9.17) is 9.16 Å². The minimum atomic E-state index is -1.79. The lowest BCUT2D eigenvalue weighted by atomic mass is 9.96. The van der Waals surface area contributed by atoms with Crippen LogP contribution in [0.4, 0.5) is 0 Å². The third-order valence-electron chi connectivity index (χ3n) is 3.73. The van der Waals surface area contributed by atoms with Crippen LogP contribution in [-0.2, 0) is 9.16 Å². The first-order chi connectivity index (χ1) is 12.2. The lowest BCUT2D eigenvalue weighted by Gasteiger charge is -2.38. The highest BCUT2D eigenvalue weighted by Crippen LogP contribution is 2.35. The molecule has 4 heteroatoms. The van der Waals surface area contributed by atoms with E-state index in [1.54, 1.807) is 0 Å². The molecule has 0 N–H and O–H groups in total. The van der Waals surface area contributed by atoms with Gasteiger partial charge in [-0.3, -0.25) is 0 Å². The van der Waals surface area contributed by atoms with E-state index in [0.717, 1.165) is 6.42 Å². The third-order valence-corrected chi connectivity index (χ3v) is 5.93. The Morgan fingerprint density at radius 1 is 1.04 bits per heavy atom. The molecule has 0 bridgehead atoms. The molecule has 0 fully saturated rings. The van der Waals surface area contributed by atoms with Gasteiger partial charge in [-0.25, -0.2) is 0 Å². The molecule has 0 aliphatic heterocycles. The van der Waals surface area contributed by atoms with E-state index < -0.39 is 16.4 Å². The van der Waals surface area contributed by atoms with Crippen molar-refractivity contribution in [2.24, 2.45) is 0 Å². The zero-order valence-electron chi connectivity index (χ0n) is 18.9. The largest absolute Gasteiger partial charge is 0.408 e. The summed E-state index contributed by atoms with van der Waals surface area (Å²) in [6, 6.07) is 10.5. The van der Waals surface area contributed by atoms with Crippen molar-refractivity contribution in [3.63, 3.8) is 0 Å². The molecule has 0 aliphatic rings. The number of allylic oxidation sites excluding steroid dienone is 1. The average molecular weight is 405 g/mol. The summed E-state index contributed by atoms with van der Waals surface area (Å²) in [7, 11) is -3.23. The second kappa shape index (κ2) is 9.50. The van der Waals surface area contributed by atoms with Crippen LogP contribution < -0.4 is 0 Å². The maximum Gasteiger partial charge on any atom is 0.184 e. The van der Waals surface area contributed by atoms with E-state index in [1.807, 2.05) is 6.08 Å². The van der Waals surface area contributed by atoms with Gasteiger partial charge in [-0.05, 0) is 58.0 Å². The van der Waals surface area contributed by atoms with Gasteiger partial charge in [-0.2, -0.15) is 0 Å². The molecule has 0 aromatic heterocycles. The van der Waals surface area contributed by atoms with Gasteiger partial charge in [0.15, 0.2) is 8.32 Å². The maximum absolute atomic E-state index is 6.73. The van der Waals surface area contributed by atoms with Crippen molar-refractivity contribution in [2.45, 2.75) is 84.3 Å². The van der Waals surface area contributed by atoms with E-state index in [0.29, 0.717) is 0 Å². The molecule has 2 nitrogen and oxygen atoms in total. The van der Waals surface area contributed by atoms with Crippen LogP contribution in [0.3, 0.4) is 0 Å². The summed E-state index contributed by atoms with van der Waals surface area (Å²) in [6.45, 7) is 24.2. The lowest BCUT2D eigenvalue weighted by molar-refractivity contribution is -0.0901. The van der Waals surface area contributed by atoms with Gasteiger partial charge in [0.25, 0.3) is 0 Å². The molecule has 27 heavy (non-hydrogen) atoms. The molecule has 1 rings (SSSR count). The van der Waals surface area contributed by atoms with Crippen LogP contribution in [-0.4, -0.2) is 28.1 Å². The summed E-state index contributed by atoms with van der Waals surface area (Å²) in [6.07, 6.45) is 2.58. The summed E-state index contributed by atoms with van der Waals surface area (Å²) in [4.78, 5) is 0. The van der Waals surface area contributed by atoms with Gasteiger partial charge in [0.05, 0.1) is 13.7 Å². The van der Waals surface area contributed by atoms with Gasteiger partial charge in [0.1, 0.15) is 12.2 Å². The molecule has 0 radical (unpaired) electrons. The minimum Gasteiger partial charge on any atom is -0.408 e. The minimum absolute atomic E-state index is 0.111. The molecule has 152 valence electrons. The second-order valence-electron chi connectivity index (χ2n) is 10.3. The van der Waals surface area contributed by atoms with Crippen LogP contribution in [0.15, 0.2) is 54.3 Å². The Kier molecular flexibility index (Phi) is 8.48. The summed E-state index contributed by atoms with van der Waals surface area (Å²) < 4.78 is 13.4. The highest BCUT2D eigenvalue weighted by atomic mass is 28.4. The average Bonchev–Trinajstić information content (AvgIpc) is 2.48. The van der Waals surface area contributed by atoms with Gasteiger partial charge < -0.3 is 9.16 Å². The Labute approximate surface area is 169 Å². The van der Waals surface area contributed by atoms with Crippen LogP contribution in [0.25, 0.3) is 0 Å². The van der Waals surface area contributed by atoms with Gasteiger partial charge >= 0.3 is 0 Å². The Bertz CT molecular complexity index is 617. The van der Waals surface area contributed by atoms with Gasteiger partial charge in [0, 0.05) is 0 Å². The molecule has 0 aliphatic carbocycles. The highest BCUT2D eigenvalue weighted by Gasteiger charge is 2.35. The molecule has 0 saturated carbocycles. The van der Waals surface area contributed by atoms with Gasteiger partial charge in [-0.15, -0.1) is 6.58 Å². The SMILES string of the molecule is C=CC/C(=C\[Si](C)(C)C)[C@@H](OC(C)(C)C)[C@@H](O[Si](C)(C)C)c1ccccc1. The fourth-order valence-electron chi connectivity index (χ4n) is 3.02. The molecule has 0 amide bonds. The Morgan fingerprint density at radius 2 is 1.59 bits per heavy atom. The molecule has 0 spiro atoms.